The summed E-state index contributed by atoms with van der Waals surface area (Å²) in [5, 5.41) is 0. The van der Waals surface area contributed by atoms with Crippen molar-refractivity contribution >= 4 is 16.9 Å². The fraction of sp³-hybridized carbons (Fsp3) is 0.417. The maximum absolute atomic E-state index is 12.3. The molecule has 1 aromatic heterocycles. The van der Waals surface area contributed by atoms with E-state index in [9.17, 15) is 4.79 Å². The molecule has 0 spiro atoms. The van der Waals surface area contributed by atoms with Crippen molar-refractivity contribution in [2.45, 2.75) is 38.6 Å². The minimum absolute atomic E-state index is 0.162. The smallest absolute Gasteiger partial charge is 0.223 e. The SMILES string of the molecule is CCN1CC(c2nc3ccccc3n2CCCCOc2ccccc2OC)CC1=O. The van der Waals surface area contributed by atoms with E-state index < -0.39 is 0 Å². The van der Waals surface area contributed by atoms with Gasteiger partial charge < -0.3 is 18.9 Å². The molecule has 0 bridgehead atoms. The number of methoxy groups -OCH3 is 1. The lowest BCUT2D eigenvalue weighted by molar-refractivity contribution is -0.127. The second-order valence-electron chi connectivity index (χ2n) is 7.65. The molecule has 4 rings (SSSR count). The fourth-order valence-electron chi connectivity index (χ4n) is 4.18. The van der Waals surface area contributed by atoms with Crippen LogP contribution in [0.2, 0.25) is 0 Å². The number of fused-ring (bicyclic) bond motifs is 1. The molecule has 1 amide bonds. The van der Waals surface area contributed by atoms with Crippen LogP contribution in [0.25, 0.3) is 11.0 Å². The summed E-state index contributed by atoms with van der Waals surface area (Å²) < 4.78 is 13.5. The van der Waals surface area contributed by atoms with E-state index in [2.05, 4.69) is 16.7 Å². The maximum Gasteiger partial charge on any atom is 0.223 e. The van der Waals surface area contributed by atoms with E-state index in [-0.39, 0.29) is 11.8 Å². The molecule has 2 aromatic carbocycles. The number of likely N-dealkylation sites (N-methyl/N-ethyl adjacent to an activating group) is 1. The minimum Gasteiger partial charge on any atom is -0.493 e. The molecular formula is C24H29N3O3. The van der Waals surface area contributed by atoms with E-state index in [4.69, 9.17) is 14.5 Å². The Bertz CT molecular complexity index is 1010. The number of benzene rings is 2. The first kappa shape index (κ1) is 20.3. The Labute approximate surface area is 177 Å². The summed E-state index contributed by atoms with van der Waals surface area (Å²) in [7, 11) is 1.65. The molecule has 3 aromatic rings. The molecule has 1 unspecified atom stereocenters. The second kappa shape index (κ2) is 9.20. The molecule has 2 heterocycles. The minimum atomic E-state index is 0.162. The Morgan fingerprint density at radius 2 is 1.83 bits per heavy atom. The molecule has 30 heavy (non-hydrogen) atoms. The van der Waals surface area contributed by atoms with E-state index in [0.29, 0.717) is 13.0 Å². The van der Waals surface area contributed by atoms with Crippen LogP contribution in [0.4, 0.5) is 0 Å². The van der Waals surface area contributed by atoms with Gasteiger partial charge in [-0.05, 0) is 44.0 Å². The molecule has 1 fully saturated rings. The van der Waals surface area contributed by atoms with Crippen LogP contribution in [-0.2, 0) is 11.3 Å². The average molecular weight is 408 g/mol. The van der Waals surface area contributed by atoms with Crippen molar-refractivity contribution in [2.24, 2.45) is 0 Å². The van der Waals surface area contributed by atoms with Crippen LogP contribution in [0.3, 0.4) is 0 Å². The Hall–Kier alpha value is -3.02. The van der Waals surface area contributed by atoms with Gasteiger partial charge in [0.15, 0.2) is 11.5 Å². The van der Waals surface area contributed by atoms with Gasteiger partial charge >= 0.3 is 0 Å². The number of rotatable bonds is 9. The summed E-state index contributed by atoms with van der Waals surface area (Å²) in [6.07, 6.45) is 2.45. The first-order chi connectivity index (χ1) is 14.7. The van der Waals surface area contributed by atoms with E-state index in [1.165, 1.54) is 0 Å². The van der Waals surface area contributed by atoms with Gasteiger partial charge in [-0.3, -0.25) is 4.79 Å². The van der Waals surface area contributed by atoms with E-state index in [0.717, 1.165) is 60.8 Å². The average Bonchev–Trinajstić information content (AvgIpc) is 3.34. The summed E-state index contributed by atoms with van der Waals surface area (Å²) in [5.41, 5.74) is 2.14. The van der Waals surface area contributed by atoms with Crippen molar-refractivity contribution in [3.05, 3.63) is 54.4 Å². The number of hydrogen-bond acceptors (Lipinski definition) is 4. The summed E-state index contributed by atoms with van der Waals surface area (Å²) in [6.45, 7) is 5.05. The zero-order chi connectivity index (χ0) is 20.9. The molecule has 158 valence electrons. The molecule has 1 aliphatic rings. The highest BCUT2D eigenvalue weighted by atomic mass is 16.5. The number of carbonyl (C=O) groups is 1. The second-order valence-corrected chi connectivity index (χ2v) is 7.65. The summed E-state index contributed by atoms with van der Waals surface area (Å²) >= 11 is 0. The molecule has 0 aliphatic carbocycles. The third-order valence-corrected chi connectivity index (χ3v) is 5.75. The number of carbonyl (C=O) groups excluding carboxylic acids is 1. The van der Waals surface area contributed by atoms with Crippen LogP contribution in [-0.4, -0.2) is 47.2 Å². The van der Waals surface area contributed by atoms with Crippen LogP contribution >= 0.6 is 0 Å². The standard InChI is InChI=1S/C24H29N3O3/c1-3-26-17-18(16-23(26)28)24-25-19-10-4-5-11-20(19)27(24)14-8-9-15-30-22-13-7-6-12-21(22)29-2/h4-7,10-13,18H,3,8-9,14-17H2,1-2H3. The van der Waals surface area contributed by atoms with Gasteiger partial charge in [0.2, 0.25) is 5.91 Å². The Kier molecular flexibility index (Phi) is 6.21. The maximum atomic E-state index is 12.3. The number of hydrogen-bond donors (Lipinski definition) is 0. The Morgan fingerprint density at radius 1 is 1.07 bits per heavy atom. The molecular weight excluding hydrogens is 378 g/mol. The molecule has 6 heteroatoms. The molecule has 6 nitrogen and oxygen atoms in total. The predicted octanol–water partition coefficient (Wildman–Crippen LogP) is 4.24. The number of imidazole rings is 1. The van der Waals surface area contributed by atoms with Crippen molar-refractivity contribution < 1.29 is 14.3 Å². The summed E-state index contributed by atoms with van der Waals surface area (Å²) in [5.74, 6) is 2.96. The van der Waals surface area contributed by atoms with Crippen molar-refractivity contribution in [2.75, 3.05) is 26.8 Å². The zero-order valence-electron chi connectivity index (χ0n) is 17.7. The predicted molar refractivity (Wildman–Crippen MR) is 117 cm³/mol. The largest absolute Gasteiger partial charge is 0.493 e. The molecule has 1 saturated heterocycles. The highest BCUT2D eigenvalue weighted by molar-refractivity contribution is 5.80. The number of ether oxygens (including phenoxy) is 2. The third-order valence-electron chi connectivity index (χ3n) is 5.75. The van der Waals surface area contributed by atoms with Crippen molar-refractivity contribution in [3.63, 3.8) is 0 Å². The van der Waals surface area contributed by atoms with E-state index >= 15 is 0 Å². The normalized spacial score (nSPS) is 16.4. The van der Waals surface area contributed by atoms with Crippen LogP contribution in [0.5, 0.6) is 11.5 Å². The highest BCUT2D eigenvalue weighted by Gasteiger charge is 2.32. The van der Waals surface area contributed by atoms with Gasteiger partial charge in [-0.25, -0.2) is 4.98 Å². The molecule has 1 aliphatic heterocycles. The zero-order valence-corrected chi connectivity index (χ0v) is 17.7. The number of likely N-dealkylation sites (tertiary alicyclic amines) is 1. The van der Waals surface area contributed by atoms with Crippen molar-refractivity contribution in [1.82, 2.24) is 14.5 Å². The van der Waals surface area contributed by atoms with Crippen LogP contribution in [0.1, 0.15) is 37.9 Å². The van der Waals surface area contributed by atoms with Crippen LogP contribution < -0.4 is 9.47 Å². The number of amides is 1. The van der Waals surface area contributed by atoms with Gasteiger partial charge in [0.25, 0.3) is 0 Å². The molecule has 1 atom stereocenters. The molecule has 0 radical (unpaired) electrons. The van der Waals surface area contributed by atoms with Gasteiger partial charge in [0.1, 0.15) is 5.82 Å². The first-order valence-corrected chi connectivity index (χ1v) is 10.7. The Morgan fingerprint density at radius 3 is 2.60 bits per heavy atom. The lowest BCUT2D eigenvalue weighted by Gasteiger charge is -2.15. The highest BCUT2D eigenvalue weighted by Crippen LogP contribution is 2.31. The van der Waals surface area contributed by atoms with Gasteiger partial charge in [-0.15, -0.1) is 0 Å². The van der Waals surface area contributed by atoms with Crippen molar-refractivity contribution in [1.29, 1.82) is 0 Å². The molecule has 0 saturated carbocycles. The van der Waals surface area contributed by atoms with Gasteiger partial charge in [0.05, 0.1) is 24.8 Å². The van der Waals surface area contributed by atoms with Gasteiger partial charge in [0, 0.05) is 32.0 Å². The number of para-hydroxylation sites is 4. The molecule has 0 N–H and O–H groups in total. The monoisotopic (exact) mass is 407 g/mol. The van der Waals surface area contributed by atoms with Crippen molar-refractivity contribution in [3.8, 4) is 11.5 Å². The quantitative estimate of drug-likeness (QED) is 0.498. The topological polar surface area (TPSA) is 56.6 Å². The number of nitrogens with zero attached hydrogens (tertiary/aromatic N) is 3. The van der Waals surface area contributed by atoms with Crippen LogP contribution in [0, 0.1) is 0 Å². The summed E-state index contributed by atoms with van der Waals surface area (Å²) in [6, 6.07) is 15.9. The number of aromatic nitrogens is 2. The number of unbranched alkanes of at least 4 members (excludes halogenated alkanes) is 1. The van der Waals surface area contributed by atoms with E-state index in [1.807, 2.05) is 48.2 Å². The van der Waals surface area contributed by atoms with Crippen LogP contribution in [0.15, 0.2) is 48.5 Å². The lowest BCUT2D eigenvalue weighted by Crippen LogP contribution is -2.24. The fourth-order valence-corrected chi connectivity index (χ4v) is 4.18. The van der Waals surface area contributed by atoms with E-state index in [1.54, 1.807) is 7.11 Å². The lowest BCUT2D eigenvalue weighted by atomic mass is 10.1. The third kappa shape index (κ3) is 4.13. The van der Waals surface area contributed by atoms with Gasteiger partial charge in [-0.2, -0.15) is 0 Å². The Balaban J connectivity index is 1.43. The first-order valence-electron chi connectivity index (χ1n) is 10.7. The number of aryl methyl sites for hydroxylation is 1. The summed E-state index contributed by atoms with van der Waals surface area (Å²) in [4.78, 5) is 19.1. The van der Waals surface area contributed by atoms with Gasteiger partial charge in [-0.1, -0.05) is 24.3 Å².